The lowest BCUT2D eigenvalue weighted by atomic mass is 9.97. The lowest BCUT2D eigenvalue weighted by molar-refractivity contribution is 0.0971. The summed E-state index contributed by atoms with van der Waals surface area (Å²) in [6.07, 6.45) is 0.140. The number of Topliss-reactive ketones (excluding diaryl/α,β-unsaturated/α-hetero) is 1. The van der Waals surface area contributed by atoms with Crippen molar-refractivity contribution in [1.29, 1.82) is 5.26 Å². The fraction of sp³-hybridized carbons (Fsp3) is 0.333. The Morgan fingerprint density at radius 2 is 2.27 bits per heavy atom. The first kappa shape index (κ1) is 11.4. The zero-order chi connectivity index (χ0) is 11.4. The highest BCUT2D eigenvalue weighted by Gasteiger charge is 2.13. The van der Waals surface area contributed by atoms with Crippen LogP contribution in [0.3, 0.4) is 0 Å². The molecule has 0 bridgehead atoms. The van der Waals surface area contributed by atoms with Crippen LogP contribution in [0.5, 0.6) is 0 Å². The number of rotatable bonds is 3. The summed E-state index contributed by atoms with van der Waals surface area (Å²) in [6, 6.07) is 6.10. The summed E-state index contributed by atoms with van der Waals surface area (Å²) < 4.78 is 12.9. The van der Waals surface area contributed by atoms with Gasteiger partial charge in [0.15, 0.2) is 5.78 Å². The summed E-state index contributed by atoms with van der Waals surface area (Å²) in [5.41, 5.74) is 1.11. The number of hydrogen-bond acceptors (Lipinski definition) is 2. The maximum absolute atomic E-state index is 12.9. The second-order valence-electron chi connectivity index (χ2n) is 3.62. The highest BCUT2D eigenvalue weighted by atomic mass is 19.1. The van der Waals surface area contributed by atoms with E-state index < -0.39 is 5.82 Å². The maximum atomic E-state index is 12.9. The molecule has 0 aromatic heterocycles. The molecule has 0 saturated carbocycles. The largest absolute Gasteiger partial charge is 0.294 e. The summed E-state index contributed by atoms with van der Waals surface area (Å²) in [5, 5.41) is 8.58. The highest BCUT2D eigenvalue weighted by Crippen LogP contribution is 2.15. The molecule has 0 aliphatic heterocycles. The summed E-state index contributed by atoms with van der Waals surface area (Å²) >= 11 is 0. The summed E-state index contributed by atoms with van der Waals surface area (Å²) in [4.78, 5) is 11.7. The molecule has 0 spiro atoms. The van der Waals surface area contributed by atoms with Gasteiger partial charge in [-0.2, -0.15) is 5.26 Å². The van der Waals surface area contributed by atoms with Gasteiger partial charge in [-0.25, -0.2) is 4.39 Å². The van der Waals surface area contributed by atoms with E-state index in [9.17, 15) is 9.18 Å². The molecule has 15 heavy (non-hydrogen) atoms. The SMILES string of the molecule is Cc1ccc(F)cc1C(=O)CC(C)C#N. The Hall–Kier alpha value is -1.69. The minimum atomic E-state index is -0.423. The monoisotopic (exact) mass is 205 g/mol. The Morgan fingerprint density at radius 3 is 2.87 bits per heavy atom. The number of benzene rings is 1. The average Bonchev–Trinajstić information content (AvgIpc) is 2.21. The summed E-state index contributed by atoms with van der Waals surface area (Å²) in [5.74, 6) is -0.935. The molecule has 0 radical (unpaired) electrons. The summed E-state index contributed by atoms with van der Waals surface area (Å²) in [6.45, 7) is 3.43. The molecule has 0 aliphatic carbocycles. The van der Waals surface area contributed by atoms with E-state index >= 15 is 0 Å². The fourth-order valence-electron chi connectivity index (χ4n) is 1.33. The van der Waals surface area contributed by atoms with E-state index in [1.165, 1.54) is 12.1 Å². The van der Waals surface area contributed by atoms with Crippen molar-refractivity contribution in [2.45, 2.75) is 20.3 Å². The van der Waals surface area contributed by atoms with Crippen LogP contribution in [0.4, 0.5) is 4.39 Å². The average molecular weight is 205 g/mol. The van der Waals surface area contributed by atoms with Gasteiger partial charge in [0.1, 0.15) is 5.82 Å². The first-order chi connectivity index (χ1) is 7.04. The van der Waals surface area contributed by atoms with Crippen molar-refractivity contribution in [3.63, 3.8) is 0 Å². The van der Waals surface area contributed by atoms with Gasteiger partial charge in [0.05, 0.1) is 12.0 Å². The molecule has 0 amide bonds. The number of carbonyl (C=O) groups is 1. The Balaban J connectivity index is 2.92. The minimum Gasteiger partial charge on any atom is -0.294 e. The molecular weight excluding hydrogens is 193 g/mol. The molecular formula is C12H12FNO. The molecule has 1 aromatic rings. The second kappa shape index (κ2) is 4.70. The van der Waals surface area contributed by atoms with E-state index in [0.717, 1.165) is 5.56 Å². The highest BCUT2D eigenvalue weighted by molar-refractivity contribution is 5.97. The van der Waals surface area contributed by atoms with Crippen molar-refractivity contribution in [3.05, 3.63) is 35.1 Å². The third-order valence-corrected chi connectivity index (χ3v) is 2.21. The van der Waals surface area contributed by atoms with E-state index in [-0.39, 0.29) is 18.1 Å². The van der Waals surface area contributed by atoms with Gasteiger partial charge in [0, 0.05) is 12.0 Å². The molecule has 1 atom stereocenters. The first-order valence-electron chi connectivity index (χ1n) is 4.73. The van der Waals surface area contributed by atoms with Gasteiger partial charge in [-0.05, 0) is 31.5 Å². The number of ketones is 1. The van der Waals surface area contributed by atoms with Gasteiger partial charge in [0.25, 0.3) is 0 Å². The zero-order valence-corrected chi connectivity index (χ0v) is 8.75. The zero-order valence-electron chi connectivity index (χ0n) is 8.75. The molecule has 0 N–H and O–H groups in total. The standard InChI is InChI=1S/C12H12FNO/c1-8(7-14)5-12(15)11-6-10(13)4-3-9(11)2/h3-4,6,8H,5H2,1-2H3. The molecule has 1 aromatic carbocycles. The van der Waals surface area contributed by atoms with Crippen LogP contribution in [0, 0.1) is 30.0 Å². The van der Waals surface area contributed by atoms with Gasteiger partial charge in [-0.15, -0.1) is 0 Å². The lowest BCUT2D eigenvalue weighted by Crippen LogP contribution is -2.06. The smallest absolute Gasteiger partial charge is 0.164 e. The van der Waals surface area contributed by atoms with Crippen LogP contribution < -0.4 is 0 Å². The maximum Gasteiger partial charge on any atom is 0.164 e. The van der Waals surface area contributed by atoms with Crippen LogP contribution in [0.15, 0.2) is 18.2 Å². The van der Waals surface area contributed by atoms with E-state index in [0.29, 0.717) is 5.56 Å². The molecule has 0 fully saturated rings. The van der Waals surface area contributed by atoms with E-state index in [2.05, 4.69) is 0 Å². The number of hydrogen-bond donors (Lipinski definition) is 0. The number of nitrogens with zero attached hydrogens (tertiary/aromatic N) is 1. The molecule has 2 nitrogen and oxygen atoms in total. The van der Waals surface area contributed by atoms with Crippen molar-refractivity contribution in [2.75, 3.05) is 0 Å². The van der Waals surface area contributed by atoms with E-state index in [1.54, 1.807) is 19.9 Å². The predicted octanol–water partition coefficient (Wildman–Crippen LogP) is 2.87. The number of halogens is 1. The predicted molar refractivity (Wildman–Crippen MR) is 54.9 cm³/mol. The molecule has 1 unspecified atom stereocenters. The van der Waals surface area contributed by atoms with Crippen LogP contribution in [0.2, 0.25) is 0 Å². The molecule has 0 aliphatic rings. The van der Waals surface area contributed by atoms with Crippen molar-refractivity contribution in [2.24, 2.45) is 5.92 Å². The van der Waals surface area contributed by atoms with Gasteiger partial charge in [-0.3, -0.25) is 4.79 Å². The number of aryl methyl sites for hydroxylation is 1. The van der Waals surface area contributed by atoms with Gasteiger partial charge >= 0.3 is 0 Å². The van der Waals surface area contributed by atoms with Crippen LogP contribution >= 0.6 is 0 Å². The Bertz CT molecular complexity index is 420. The second-order valence-corrected chi connectivity index (χ2v) is 3.62. The molecule has 0 saturated heterocycles. The van der Waals surface area contributed by atoms with Crippen LogP contribution in [-0.2, 0) is 0 Å². The van der Waals surface area contributed by atoms with Crippen LogP contribution in [-0.4, -0.2) is 5.78 Å². The summed E-state index contributed by atoms with van der Waals surface area (Å²) in [7, 11) is 0. The number of carbonyl (C=O) groups excluding carboxylic acids is 1. The van der Waals surface area contributed by atoms with Crippen LogP contribution in [0.1, 0.15) is 29.3 Å². The molecule has 1 rings (SSSR count). The minimum absolute atomic E-state index is 0.140. The van der Waals surface area contributed by atoms with Gasteiger partial charge < -0.3 is 0 Å². The Labute approximate surface area is 88.3 Å². The lowest BCUT2D eigenvalue weighted by Gasteiger charge is -2.05. The Kier molecular flexibility index (Phi) is 3.56. The van der Waals surface area contributed by atoms with Crippen LogP contribution in [0.25, 0.3) is 0 Å². The van der Waals surface area contributed by atoms with Crippen molar-refractivity contribution in [3.8, 4) is 6.07 Å². The quantitative estimate of drug-likeness (QED) is 0.712. The van der Waals surface area contributed by atoms with E-state index in [4.69, 9.17) is 5.26 Å². The first-order valence-corrected chi connectivity index (χ1v) is 4.73. The van der Waals surface area contributed by atoms with Crippen molar-refractivity contribution >= 4 is 5.78 Å². The topological polar surface area (TPSA) is 40.9 Å². The third kappa shape index (κ3) is 2.88. The van der Waals surface area contributed by atoms with Crippen molar-refractivity contribution < 1.29 is 9.18 Å². The van der Waals surface area contributed by atoms with Gasteiger partial charge in [0.2, 0.25) is 0 Å². The normalized spacial score (nSPS) is 11.9. The van der Waals surface area contributed by atoms with Gasteiger partial charge in [-0.1, -0.05) is 6.07 Å². The Morgan fingerprint density at radius 1 is 1.60 bits per heavy atom. The molecule has 3 heteroatoms. The number of nitriles is 1. The molecule has 0 heterocycles. The van der Waals surface area contributed by atoms with Crippen molar-refractivity contribution in [1.82, 2.24) is 0 Å². The fourth-order valence-corrected chi connectivity index (χ4v) is 1.33. The molecule has 78 valence electrons. The van der Waals surface area contributed by atoms with E-state index in [1.807, 2.05) is 6.07 Å². The third-order valence-electron chi connectivity index (χ3n) is 2.21.